The van der Waals surface area contributed by atoms with E-state index in [2.05, 4.69) is 40.9 Å². The first kappa shape index (κ1) is 24.0. The zero-order chi connectivity index (χ0) is 22.3. The van der Waals surface area contributed by atoms with Crippen molar-refractivity contribution in [1.82, 2.24) is 19.4 Å². The van der Waals surface area contributed by atoms with Crippen LogP contribution in [-0.2, 0) is 29.3 Å². The van der Waals surface area contributed by atoms with Gasteiger partial charge in [0.15, 0.2) is 0 Å². The lowest BCUT2D eigenvalue weighted by Crippen LogP contribution is -2.39. The molecular formula is C24H38N4O2S. The monoisotopic (exact) mass is 446 g/mol. The number of benzene rings is 1. The van der Waals surface area contributed by atoms with Crippen LogP contribution in [0.1, 0.15) is 44.4 Å². The fraction of sp³-hybridized carbons (Fsp3) is 0.625. The van der Waals surface area contributed by atoms with Crippen LogP contribution in [0.5, 0.6) is 0 Å². The molecule has 0 amide bonds. The second kappa shape index (κ2) is 11.2. The van der Waals surface area contributed by atoms with Crippen molar-refractivity contribution < 1.29 is 8.42 Å². The van der Waals surface area contributed by atoms with E-state index in [1.165, 1.54) is 24.9 Å². The van der Waals surface area contributed by atoms with Crippen LogP contribution >= 0.6 is 0 Å². The minimum Gasteiger partial charge on any atom is -0.318 e. The lowest BCUT2D eigenvalue weighted by atomic mass is 9.97. The first-order valence-corrected chi connectivity index (χ1v) is 13.3. The molecule has 31 heavy (non-hydrogen) atoms. The molecule has 0 bridgehead atoms. The van der Waals surface area contributed by atoms with Gasteiger partial charge in [-0.2, -0.15) is 0 Å². The SMILES string of the molecule is CCN1CCC[C@@H](CN(C)Cc2cnc(S(=O)(=O)CC)n2CCCc2ccccc2)C1. The van der Waals surface area contributed by atoms with Crippen LogP contribution in [0.25, 0.3) is 0 Å². The van der Waals surface area contributed by atoms with E-state index in [-0.39, 0.29) is 10.9 Å². The Balaban J connectivity index is 1.68. The lowest BCUT2D eigenvalue weighted by Gasteiger charge is -2.34. The maximum atomic E-state index is 12.6. The second-order valence-corrected chi connectivity index (χ2v) is 10.9. The van der Waals surface area contributed by atoms with E-state index >= 15 is 0 Å². The maximum Gasteiger partial charge on any atom is 0.227 e. The number of piperidine rings is 1. The minimum absolute atomic E-state index is 0.0763. The van der Waals surface area contributed by atoms with E-state index in [9.17, 15) is 8.42 Å². The molecule has 2 aromatic rings. The Kier molecular flexibility index (Phi) is 8.69. The molecule has 6 nitrogen and oxygen atoms in total. The fourth-order valence-corrected chi connectivity index (χ4v) is 5.61. The number of rotatable bonds is 11. The van der Waals surface area contributed by atoms with Crippen molar-refractivity contribution in [2.24, 2.45) is 5.92 Å². The van der Waals surface area contributed by atoms with Gasteiger partial charge in [-0.25, -0.2) is 13.4 Å². The van der Waals surface area contributed by atoms with Crippen molar-refractivity contribution in [3.63, 3.8) is 0 Å². The molecule has 3 rings (SSSR count). The molecule has 0 unspecified atom stereocenters. The normalized spacial score (nSPS) is 18.0. The number of hydrogen-bond acceptors (Lipinski definition) is 5. The first-order chi connectivity index (χ1) is 14.9. The molecule has 1 saturated heterocycles. The van der Waals surface area contributed by atoms with Gasteiger partial charge in [0.2, 0.25) is 15.0 Å². The Bertz CT molecular complexity index is 911. The molecule has 0 N–H and O–H groups in total. The zero-order valence-electron chi connectivity index (χ0n) is 19.3. The molecule has 1 aromatic heterocycles. The summed E-state index contributed by atoms with van der Waals surface area (Å²) in [7, 11) is -1.21. The van der Waals surface area contributed by atoms with E-state index in [0.717, 1.165) is 44.7 Å². The van der Waals surface area contributed by atoms with Crippen molar-refractivity contribution in [2.75, 3.05) is 39.0 Å². The first-order valence-electron chi connectivity index (χ1n) is 11.6. The summed E-state index contributed by atoms with van der Waals surface area (Å²) in [6.45, 7) is 9.83. The van der Waals surface area contributed by atoms with Gasteiger partial charge in [-0.15, -0.1) is 0 Å². The van der Waals surface area contributed by atoms with Gasteiger partial charge in [-0.1, -0.05) is 44.2 Å². The number of aromatic nitrogens is 2. The summed E-state index contributed by atoms with van der Waals surface area (Å²) in [5.74, 6) is 0.749. The van der Waals surface area contributed by atoms with Gasteiger partial charge in [0.25, 0.3) is 0 Å². The van der Waals surface area contributed by atoms with Gasteiger partial charge >= 0.3 is 0 Å². The predicted octanol–water partition coefficient (Wildman–Crippen LogP) is 3.47. The molecule has 0 spiro atoms. The number of aryl methyl sites for hydroxylation is 1. The van der Waals surface area contributed by atoms with Gasteiger partial charge in [0.1, 0.15) is 0 Å². The van der Waals surface area contributed by atoms with Gasteiger partial charge in [0, 0.05) is 26.2 Å². The van der Waals surface area contributed by atoms with E-state index < -0.39 is 9.84 Å². The number of nitrogens with zero attached hydrogens (tertiary/aromatic N) is 4. The van der Waals surface area contributed by atoms with Gasteiger partial charge in [0.05, 0.1) is 17.6 Å². The summed E-state index contributed by atoms with van der Waals surface area (Å²) >= 11 is 0. The van der Waals surface area contributed by atoms with Crippen molar-refractivity contribution >= 4 is 9.84 Å². The van der Waals surface area contributed by atoms with E-state index in [0.29, 0.717) is 12.5 Å². The second-order valence-electron chi connectivity index (χ2n) is 8.77. The Morgan fingerprint density at radius 2 is 1.97 bits per heavy atom. The van der Waals surface area contributed by atoms with Crippen LogP contribution in [0.15, 0.2) is 41.7 Å². The Morgan fingerprint density at radius 1 is 1.19 bits per heavy atom. The van der Waals surface area contributed by atoms with Gasteiger partial charge in [-0.05, 0) is 57.3 Å². The molecule has 1 aliphatic heterocycles. The highest BCUT2D eigenvalue weighted by atomic mass is 32.2. The third-order valence-electron chi connectivity index (χ3n) is 6.30. The highest BCUT2D eigenvalue weighted by molar-refractivity contribution is 7.91. The van der Waals surface area contributed by atoms with Crippen LogP contribution in [0, 0.1) is 5.92 Å². The lowest BCUT2D eigenvalue weighted by molar-refractivity contribution is 0.145. The summed E-state index contributed by atoms with van der Waals surface area (Å²) < 4.78 is 27.2. The average molecular weight is 447 g/mol. The minimum atomic E-state index is -3.35. The number of imidazole rings is 1. The average Bonchev–Trinajstić information content (AvgIpc) is 3.17. The molecule has 0 radical (unpaired) electrons. The van der Waals surface area contributed by atoms with Crippen molar-refractivity contribution in [2.45, 2.75) is 57.8 Å². The smallest absolute Gasteiger partial charge is 0.227 e. The molecule has 7 heteroatoms. The molecule has 0 aliphatic carbocycles. The molecule has 2 heterocycles. The highest BCUT2D eigenvalue weighted by Gasteiger charge is 2.24. The summed E-state index contributed by atoms with van der Waals surface area (Å²) in [6, 6.07) is 10.4. The van der Waals surface area contributed by atoms with Crippen molar-refractivity contribution in [1.29, 1.82) is 0 Å². The quantitative estimate of drug-likeness (QED) is 0.529. The van der Waals surface area contributed by atoms with E-state index in [1.807, 2.05) is 22.8 Å². The Labute approximate surface area is 188 Å². The summed E-state index contributed by atoms with van der Waals surface area (Å²) in [5, 5.41) is 0.223. The van der Waals surface area contributed by atoms with E-state index in [1.54, 1.807) is 13.1 Å². The summed E-state index contributed by atoms with van der Waals surface area (Å²) in [5.41, 5.74) is 2.27. The molecule has 172 valence electrons. The third kappa shape index (κ3) is 6.64. The van der Waals surface area contributed by atoms with Crippen LogP contribution in [0.4, 0.5) is 0 Å². The van der Waals surface area contributed by atoms with Crippen molar-refractivity contribution in [3.05, 3.63) is 47.8 Å². The Hall–Kier alpha value is -1.70. The molecule has 1 aliphatic rings. The molecule has 0 saturated carbocycles. The zero-order valence-corrected chi connectivity index (χ0v) is 20.1. The topological polar surface area (TPSA) is 58.4 Å². The van der Waals surface area contributed by atoms with Gasteiger partial charge < -0.3 is 14.4 Å². The molecule has 1 aromatic carbocycles. The van der Waals surface area contributed by atoms with Crippen LogP contribution in [0.3, 0.4) is 0 Å². The molecular weight excluding hydrogens is 408 g/mol. The number of sulfone groups is 1. The summed E-state index contributed by atoms with van der Waals surface area (Å²) in [4.78, 5) is 9.21. The number of hydrogen-bond donors (Lipinski definition) is 0. The number of likely N-dealkylation sites (tertiary alicyclic amines) is 1. The summed E-state index contributed by atoms with van der Waals surface area (Å²) in [6.07, 6.45) is 6.11. The van der Waals surface area contributed by atoms with Gasteiger partial charge in [-0.3, -0.25) is 0 Å². The third-order valence-corrected chi connectivity index (χ3v) is 7.94. The predicted molar refractivity (Wildman–Crippen MR) is 126 cm³/mol. The van der Waals surface area contributed by atoms with Crippen LogP contribution in [-0.4, -0.2) is 66.7 Å². The molecule has 1 fully saturated rings. The van der Waals surface area contributed by atoms with Crippen LogP contribution < -0.4 is 0 Å². The fourth-order valence-electron chi connectivity index (χ4n) is 4.59. The highest BCUT2D eigenvalue weighted by Crippen LogP contribution is 2.20. The maximum absolute atomic E-state index is 12.6. The Morgan fingerprint density at radius 3 is 2.68 bits per heavy atom. The van der Waals surface area contributed by atoms with Crippen LogP contribution in [0.2, 0.25) is 0 Å². The standard InChI is InChI=1S/C24H38N4O2S/c1-4-27-15-9-14-22(19-27)18-26(3)20-23-17-25-24(31(29,30)5-2)28(23)16-10-13-21-11-7-6-8-12-21/h6-8,11-12,17,22H,4-5,9-10,13-16,18-20H2,1-3H3/t22-/m0/s1. The van der Waals surface area contributed by atoms with Crippen molar-refractivity contribution in [3.8, 4) is 0 Å². The van der Waals surface area contributed by atoms with E-state index in [4.69, 9.17) is 0 Å². The molecule has 1 atom stereocenters. The largest absolute Gasteiger partial charge is 0.318 e.